The second-order valence-corrected chi connectivity index (χ2v) is 6.27. The minimum atomic E-state index is -4.53. The number of hydrogen-bond acceptors (Lipinski definition) is 5. The molecule has 0 bridgehead atoms. The van der Waals surface area contributed by atoms with Crippen molar-refractivity contribution in [2.24, 2.45) is 0 Å². The van der Waals surface area contributed by atoms with Crippen molar-refractivity contribution in [3.63, 3.8) is 0 Å². The van der Waals surface area contributed by atoms with E-state index >= 15 is 0 Å². The van der Waals surface area contributed by atoms with Gasteiger partial charge in [-0.3, -0.25) is 14.2 Å². The van der Waals surface area contributed by atoms with Crippen LogP contribution in [0.4, 0.5) is 18.9 Å². The number of carbonyl (C=O) groups excluding carboxylic acids is 1. The molecule has 0 radical (unpaired) electrons. The van der Waals surface area contributed by atoms with Crippen molar-refractivity contribution < 1.29 is 22.5 Å². The number of hydrogen-bond donors (Lipinski definition) is 1. The molecular formula is C18H17F3N4O3. The number of nitrogens with one attached hydrogen (secondary N) is 1. The van der Waals surface area contributed by atoms with Gasteiger partial charge in [-0.05, 0) is 38.5 Å². The number of nitrogens with zero attached hydrogens (tertiary/aromatic N) is 3. The first-order chi connectivity index (χ1) is 13.1. The van der Waals surface area contributed by atoms with E-state index in [-0.39, 0.29) is 29.0 Å². The lowest BCUT2D eigenvalue weighted by molar-refractivity contribution is -0.137. The molecule has 7 nitrogen and oxygen atoms in total. The fraction of sp³-hybridized carbons (Fsp3) is 0.333. The lowest BCUT2D eigenvalue weighted by Crippen LogP contribution is -2.35. The van der Waals surface area contributed by atoms with Gasteiger partial charge in [-0.2, -0.15) is 18.2 Å². The van der Waals surface area contributed by atoms with Crippen LogP contribution in [0, 0.1) is 13.8 Å². The fourth-order valence-corrected chi connectivity index (χ4v) is 3.00. The summed E-state index contributed by atoms with van der Waals surface area (Å²) < 4.78 is 44.8. The van der Waals surface area contributed by atoms with Gasteiger partial charge in [0.2, 0.25) is 5.91 Å². The quantitative estimate of drug-likeness (QED) is 0.730. The van der Waals surface area contributed by atoms with E-state index in [1.165, 1.54) is 16.7 Å². The Bertz CT molecular complexity index is 1100. The third-order valence-corrected chi connectivity index (χ3v) is 4.35. The summed E-state index contributed by atoms with van der Waals surface area (Å²) in [6.07, 6.45) is -4.30. The summed E-state index contributed by atoms with van der Waals surface area (Å²) in [5.41, 5.74) is -0.972. The Balaban J connectivity index is 1.98. The molecule has 1 atom stereocenters. The molecule has 0 saturated carbocycles. The number of anilines is 1. The number of benzene rings is 1. The highest BCUT2D eigenvalue weighted by Crippen LogP contribution is 2.31. The first-order valence-corrected chi connectivity index (χ1v) is 8.46. The summed E-state index contributed by atoms with van der Waals surface area (Å²) in [6, 6.07) is 3.33. The van der Waals surface area contributed by atoms with Crippen LogP contribution in [0.25, 0.3) is 11.1 Å². The van der Waals surface area contributed by atoms with Crippen LogP contribution in [-0.2, 0) is 11.0 Å². The van der Waals surface area contributed by atoms with Crippen LogP contribution >= 0.6 is 0 Å². The molecule has 0 spiro atoms. The first-order valence-electron chi connectivity index (χ1n) is 8.46. The van der Waals surface area contributed by atoms with E-state index in [1.54, 1.807) is 20.8 Å². The van der Waals surface area contributed by atoms with Crippen LogP contribution in [0.15, 0.2) is 33.6 Å². The highest BCUT2D eigenvalue weighted by Gasteiger charge is 2.31. The van der Waals surface area contributed by atoms with E-state index in [4.69, 9.17) is 4.52 Å². The lowest BCUT2D eigenvalue weighted by atomic mass is 10.1. The van der Waals surface area contributed by atoms with E-state index in [9.17, 15) is 22.8 Å². The Morgan fingerprint density at radius 3 is 2.68 bits per heavy atom. The molecule has 0 aliphatic carbocycles. The molecule has 2 heterocycles. The van der Waals surface area contributed by atoms with E-state index < -0.39 is 29.2 Å². The molecule has 1 aromatic carbocycles. The van der Waals surface area contributed by atoms with E-state index in [0.717, 1.165) is 12.1 Å². The lowest BCUT2D eigenvalue weighted by Gasteiger charge is -2.20. The molecule has 0 saturated heterocycles. The van der Waals surface area contributed by atoms with Crippen LogP contribution in [0.1, 0.15) is 36.5 Å². The number of alkyl halides is 3. The van der Waals surface area contributed by atoms with Crippen molar-refractivity contribution in [1.29, 1.82) is 0 Å². The van der Waals surface area contributed by atoms with Crippen LogP contribution in [0.5, 0.6) is 0 Å². The molecule has 148 valence electrons. The molecule has 28 heavy (non-hydrogen) atoms. The molecule has 1 N–H and O–H groups in total. The molecule has 3 rings (SSSR count). The van der Waals surface area contributed by atoms with Gasteiger partial charge in [0.05, 0.1) is 11.3 Å². The summed E-state index contributed by atoms with van der Waals surface area (Å²) in [6.45, 7) is 4.81. The van der Waals surface area contributed by atoms with Crippen molar-refractivity contribution in [1.82, 2.24) is 14.7 Å². The fourth-order valence-electron chi connectivity index (χ4n) is 3.00. The third kappa shape index (κ3) is 3.49. The molecule has 1 amide bonds. The highest BCUT2D eigenvalue weighted by atomic mass is 19.4. The number of aryl methyl sites for hydroxylation is 2. The van der Waals surface area contributed by atoms with Crippen LogP contribution in [0.2, 0.25) is 0 Å². The predicted molar refractivity (Wildman–Crippen MR) is 94.9 cm³/mol. The average Bonchev–Trinajstić information content (AvgIpc) is 2.98. The SMILES string of the molecule is CC[C@H](C(=O)Nc1cccc(C(F)(F)F)c1)n1c(C)nc2onc(C)c2c1=O. The van der Waals surface area contributed by atoms with Crippen LogP contribution in [-0.4, -0.2) is 20.6 Å². The standard InChI is InChI=1S/C18H17F3N4O3/c1-4-13(15(26)23-12-7-5-6-11(8-12)18(19,20)21)25-10(3)22-16-14(17(25)27)9(2)24-28-16/h5-8,13H,4H2,1-3H3,(H,23,26)/t13-/m1/s1. The Morgan fingerprint density at radius 2 is 2.04 bits per heavy atom. The van der Waals surface area contributed by atoms with Gasteiger partial charge in [0.1, 0.15) is 17.3 Å². The topological polar surface area (TPSA) is 90.0 Å². The molecule has 0 aliphatic rings. The van der Waals surface area contributed by atoms with E-state index in [2.05, 4.69) is 15.5 Å². The van der Waals surface area contributed by atoms with Gasteiger partial charge in [-0.25, -0.2) is 0 Å². The molecular weight excluding hydrogens is 377 g/mol. The normalized spacial score (nSPS) is 12.9. The number of amides is 1. The van der Waals surface area contributed by atoms with Crippen molar-refractivity contribution in [2.75, 3.05) is 5.32 Å². The van der Waals surface area contributed by atoms with Gasteiger partial charge in [0.25, 0.3) is 11.3 Å². The van der Waals surface area contributed by atoms with Crippen LogP contribution < -0.4 is 10.9 Å². The largest absolute Gasteiger partial charge is 0.416 e. The van der Waals surface area contributed by atoms with Gasteiger partial charge in [-0.1, -0.05) is 18.1 Å². The van der Waals surface area contributed by atoms with E-state index in [0.29, 0.717) is 5.69 Å². The molecule has 3 aromatic rings. The molecule has 10 heteroatoms. The highest BCUT2D eigenvalue weighted by molar-refractivity contribution is 5.94. The van der Waals surface area contributed by atoms with Crippen molar-refractivity contribution >= 4 is 22.7 Å². The Morgan fingerprint density at radius 1 is 1.32 bits per heavy atom. The smallest absolute Gasteiger partial charge is 0.335 e. The molecule has 0 fully saturated rings. The second kappa shape index (κ2) is 7.10. The summed E-state index contributed by atoms with van der Waals surface area (Å²) in [5.74, 6) is -0.387. The number of aromatic nitrogens is 3. The number of fused-ring (bicyclic) bond motifs is 1. The number of carbonyl (C=O) groups is 1. The van der Waals surface area contributed by atoms with Gasteiger partial charge < -0.3 is 9.84 Å². The maximum Gasteiger partial charge on any atom is 0.416 e. The van der Waals surface area contributed by atoms with Crippen LogP contribution in [0.3, 0.4) is 0 Å². The molecule has 2 aromatic heterocycles. The first kappa shape index (κ1) is 19.6. The number of rotatable bonds is 4. The third-order valence-electron chi connectivity index (χ3n) is 4.35. The van der Waals surface area contributed by atoms with Crippen molar-refractivity contribution in [2.45, 2.75) is 39.4 Å². The van der Waals surface area contributed by atoms with Gasteiger partial charge in [-0.15, -0.1) is 0 Å². The Kier molecular flexibility index (Phi) is 4.97. The second-order valence-electron chi connectivity index (χ2n) is 6.27. The maximum absolute atomic E-state index is 12.9. The minimum Gasteiger partial charge on any atom is -0.335 e. The van der Waals surface area contributed by atoms with Crippen molar-refractivity contribution in [3.05, 3.63) is 51.7 Å². The Labute approximate surface area is 157 Å². The predicted octanol–water partition coefficient (Wildman–Crippen LogP) is 3.61. The zero-order chi connectivity index (χ0) is 20.6. The molecule has 0 aliphatic heterocycles. The van der Waals surface area contributed by atoms with E-state index in [1.807, 2.05) is 0 Å². The van der Waals surface area contributed by atoms with Gasteiger partial charge in [0.15, 0.2) is 0 Å². The van der Waals surface area contributed by atoms with Crippen molar-refractivity contribution in [3.8, 4) is 0 Å². The zero-order valence-electron chi connectivity index (χ0n) is 15.3. The van der Waals surface area contributed by atoms with Gasteiger partial charge in [0, 0.05) is 5.69 Å². The Hall–Kier alpha value is -3.17. The number of halogens is 3. The van der Waals surface area contributed by atoms with Gasteiger partial charge >= 0.3 is 6.18 Å². The zero-order valence-corrected chi connectivity index (χ0v) is 15.3. The summed E-state index contributed by atoms with van der Waals surface area (Å²) in [7, 11) is 0. The minimum absolute atomic E-state index is 0.0147. The average molecular weight is 394 g/mol. The monoisotopic (exact) mass is 394 g/mol. The summed E-state index contributed by atoms with van der Waals surface area (Å²) in [4.78, 5) is 29.8. The maximum atomic E-state index is 12.9. The summed E-state index contributed by atoms with van der Waals surface area (Å²) in [5, 5.41) is 6.32. The molecule has 0 unspecified atom stereocenters. The summed E-state index contributed by atoms with van der Waals surface area (Å²) >= 11 is 0.